The molecule has 0 spiro atoms. The number of aryl methyl sites for hydroxylation is 2. The maximum absolute atomic E-state index is 13.3. The first-order chi connectivity index (χ1) is 13.9. The first-order valence-electron chi connectivity index (χ1n) is 8.93. The Kier molecular flexibility index (Phi) is 4.50. The zero-order valence-electron chi connectivity index (χ0n) is 15.7. The van der Waals surface area contributed by atoms with E-state index in [2.05, 4.69) is 5.16 Å². The number of amides is 1. The molecule has 1 fully saturated rings. The molecular formula is C22H17FN2O4. The predicted octanol–water partition coefficient (Wildman–Crippen LogP) is 4.06. The highest BCUT2D eigenvalue weighted by Gasteiger charge is 2.48. The monoisotopic (exact) mass is 392 g/mol. The Labute approximate surface area is 165 Å². The summed E-state index contributed by atoms with van der Waals surface area (Å²) in [5.74, 6) is -1.88. The number of carbonyl (C=O) groups excluding carboxylic acids is 2. The van der Waals surface area contributed by atoms with E-state index in [0.29, 0.717) is 11.3 Å². The molecule has 2 heterocycles. The van der Waals surface area contributed by atoms with Crippen molar-refractivity contribution in [3.63, 3.8) is 0 Å². The number of anilines is 1. The largest absolute Gasteiger partial charge is 0.507 e. The molecule has 6 nitrogen and oxygen atoms in total. The van der Waals surface area contributed by atoms with Gasteiger partial charge in [-0.2, -0.15) is 0 Å². The predicted molar refractivity (Wildman–Crippen MR) is 104 cm³/mol. The lowest BCUT2D eigenvalue weighted by Crippen LogP contribution is -2.29. The number of hydrogen-bond acceptors (Lipinski definition) is 5. The normalized spacial score (nSPS) is 18.4. The summed E-state index contributed by atoms with van der Waals surface area (Å²) in [6, 6.07) is 13.0. The molecule has 0 bridgehead atoms. The summed E-state index contributed by atoms with van der Waals surface area (Å²) in [6.07, 6.45) is 0. The molecule has 1 amide bonds. The van der Waals surface area contributed by atoms with E-state index in [1.54, 1.807) is 25.1 Å². The van der Waals surface area contributed by atoms with Crippen LogP contribution in [0, 0.1) is 19.7 Å². The number of nitrogens with zero attached hydrogens (tertiary/aromatic N) is 2. The van der Waals surface area contributed by atoms with Crippen LogP contribution in [-0.2, 0) is 9.59 Å². The van der Waals surface area contributed by atoms with Crippen molar-refractivity contribution in [1.29, 1.82) is 0 Å². The lowest BCUT2D eigenvalue weighted by atomic mass is 9.95. The van der Waals surface area contributed by atoms with Gasteiger partial charge < -0.3 is 9.63 Å². The van der Waals surface area contributed by atoms with Gasteiger partial charge in [0.2, 0.25) is 0 Å². The summed E-state index contributed by atoms with van der Waals surface area (Å²) in [6.45, 7) is 3.59. The molecule has 1 N–H and O–H groups in total. The quantitative estimate of drug-likeness (QED) is 0.413. The maximum atomic E-state index is 13.3. The van der Waals surface area contributed by atoms with Gasteiger partial charge in [0.25, 0.3) is 5.78 Å². The molecule has 1 aliphatic rings. The molecule has 146 valence electrons. The van der Waals surface area contributed by atoms with E-state index in [-0.39, 0.29) is 22.7 Å². The molecule has 4 rings (SSSR count). The first-order valence-corrected chi connectivity index (χ1v) is 8.93. The molecule has 1 atom stereocenters. The third-order valence-electron chi connectivity index (χ3n) is 4.82. The summed E-state index contributed by atoms with van der Waals surface area (Å²) >= 11 is 0. The van der Waals surface area contributed by atoms with E-state index in [9.17, 15) is 19.1 Å². The van der Waals surface area contributed by atoms with Crippen LogP contribution < -0.4 is 4.90 Å². The lowest BCUT2D eigenvalue weighted by Gasteiger charge is -2.23. The van der Waals surface area contributed by atoms with Crippen molar-refractivity contribution >= 4 is 23.3 Å². The number of aliphatic hydroxyl groups excluding tert-OH is 1. The van der Waals surface area contributed by atoms with Gasteiger partial charge in [0.1, 0.15) is 17.3 Å². The number of halogens is 1. The standard InChI is InChI=1S/C22H17FN2O4/c1-12-3-5-14(6-4-12)19-18(20(26)15-7-9-16(23)10-8-15)21(27)22(28)25(19)17-11-13(2)29-24-17/h3-11,19,26H,1-2H3/t19-/m0/s1. The average molecular weight is 392 g/mol. The number of aliphatic hydroxyl groups is 1. The third kappa shape index (κ3) is 3.20. The van der Waals surface area contributed by atoms with Crippen molar-refractivity contribution < 1.29 is 23.6 Å². The Balaban J connectivity index is 1.93. The van der Waals surface area contributed by atoms with E-state index < -0.39 is 23.5 Å². The van der Waals surface area contributed by atoms with E-state index >= 15 is 0 Å². The van der Waals surface area contributed by atoms with E-state index in [4.69, 9.17) is 4.52 Å². The molecule has 0 unspecified atom stereocenters. The van der Waals surface area contributed by atoms with Gasteiger partial charge in [-0.15, -0.1) is 0 Å². The third-order valence-corrected chi connectivity index (χ3v) is 4.82. The van der Waals surface area contributed by atoms with Crippen LogP contribution in [0.15, 0.2) is 64.7 Å². The Morgan fingerprint density at radius 1 is 1.07 bits per heavy atom. The highest BCUT2D eigenvalue weighted by atomic mass is 19.1. The number of carbonyl (C=O) groups is 2. The van der Waals surface area contributed by atoms with Crippen LogP contribution in [0.25, 0.3) is 5.76 Å². The number of aromatic nitrogens is 1. The number of benzene rings is 2. The van der Waals surface area contributed by atoms with Crippen LogP contribution in [0.2, 0.25) is 0 Å². The van der Waals surface area contributed by atoms with Crippen molar-refractivity contribution in [3.8, 4) is 0 Å². The van der Waals surface area contributed by atoms with Crippen molar-refractivity contribution in [2.75, 3.05) is 4.90 Å². The Morgan fingerprint density at radius 2 is 1.72 bits per heavy atom. The number of hydrogen-bond donors (Lipinski definition) is 1. The zero-order valence-corrected chi connectivity index (χ0v) is 15.7. The van der Waals surface area contributed by atoms with Crippen LogP contribution in [0.1, 0.15) is 28.5 Å². The molecule has 7 heteroatoms. The van der Waals surface area contributed by atoms with E-state index in [1.165, 1.54) is 29.2 Å². The van der Waals surface area contributed by atoms with Crippen LogP contribution in [0.3, 0.4) is 0 Å². The Morgan fingerprint density at radius 3 is 2.31 bits per heavy atom. The lowest BCUT2D eigenvalue weighted by molar-refractivity contribution is -0.132. The molecule has 29 heavy (non-hydrogen) atoms. The van der Waals surface area contributed by atoms with E-state index in [1.807, 2.05) is 19.1 Å². The van der Waals surface area contributed by atoms with Gasteiger partial charge in [0.05, 0.1) is 11.6 Å². The minimum atomic E-state index is -0.898. The van der Waals surface area contributed by atoms with Crippen LogP contribution >= 0.6 is 0 Å². The minimum Gasteiger partial charge on any atom is -0.507 e. The van der Waals surface area contributed by atoms with Crippen LogP contribution in [-0.4, -0.2) is 22.0 Å². The highest BCUT2D eigenvalue weighted by molar-refractivity contribution is 6.51. The van der Waals surface area contributed by atoms with Gasteiger partial charge >= 0.3 is 5.91 Å². The highest BCUT2D eigenvalue weighted by Crippen LogP contribution is 2.41. The van der Waals surface area contributed by atoms with Gasteiger partial charge in [0, 0.05) is 11.6 Å². The van der Waals surface area contributed by atoms with Crippen molar-refractivity contribution in [1.82, 2.24) is 5.16 Å². The van der Waals surface area contributed by atoms with Crippen molar-refractivity contribution in [2.45, 2.75) is 19.9 Å². The van der Waals surface area contributed by atoms with E-state index in [0.717, 1.165) is 5.56 Å². The van der Waals surface area contributed by atoms with Crippen molar-refractivity contribution in [3.05, 3.63) is 88.4 Å². The minimum absolute atomic E-state index is 0.0916. The molecule has 1 saturated heterocycles. The summed E-state index contributed by atoms with van der Waals surface area (Å²) in [4.78, 5) is 26.9. The van der Waals surface area contributed by atoms with Gasteiger partial charge in [-0.25, -0.2) is 4.39 Å². The molecular weight excluding hydrogens is 375 g/mol. The second-order valence-corrected chi connectivity index (χ2v) is 6.88. The Bertz CT molecular complexity index is 1130. The van der Waals surface area contributed by atoms with Gasteiger partial charge in [-0.1, -0.05) is 35.0 Å². The summed E-state index contributed by atoms with van der Waals surface area (Å²) in [7, 11) is 0. The summed E-state index contributed by atoms with van der Waals surface area (Å²) < 4.78 is 18.4. The number of Topliss-reactive ketones (excluding diaryl/α,β-unsaturated/α-hetero) is 1. The smallest absolute Gasteiger partial charge is 0.301 e. The van der Waals surface area contributed by atoms with Crippen LogP contribution in [0.4, 0.5) is 10.2 Å². The SMILES string of the molecule is Cc1ccc([C@H]2C(=C(O)c3ccc(F)cc3)C(=O)C(=O)N2c2cc(C)on2)cc1. The molecule has 0 aliphatic carbocycles. The fourth-order valence-electron chi connectivity index (χ4n) is 3.36. The number of rotatable bonds is 3. The summed E-state index contributed by atoms with van der Waals surface area (Å²) in [5, 5.41) is 14.7. The van der Waals surface area contributed by atoms with Crippen LogP contribution in [0.5, 0.6) is 0 Å². The second-order valence-electron chi connectivity index (χ2n) is 6.88. The number of ketones is 1. The fraction of sp³-hybridized carbons (Fsp3) is 0.136. The van der Waals surface area contributed by atoms with Gasteiger partial charge in [0.15, 0.2) is 5.82 Å². The maximum Gasteiger partial charge on any atom is 0.301 e. The average Bonchev–Trinajstić information content (AvgIpc) is 3.24. The molecule has 2 aromatic carbocycles. The zero-order chi connectivity index (χ0) is 20.7. The Hall–Kier alpha value is -3.74. The second kappa shape index (κ2) is 7.01. The molecule has 1 aliphatic heterocycles. The van der Waals surface area contributed by atoms with Crippen molar-refractivity contribution in [2.24, 2.45) is 0 Å². The molecule has 1 aromatic heterocycles. The summed E-state index contributed by atoms with van der Waals surface area (Å²) in [5.41, 5.74) is 1.77. The van der Waals surface area contributed by atoms with Gasteiger partial charge in [-0.3, -0.25) is 14.5 Å². The topological polar surface area (TPSA) is 83.6 Å². The molecule has 3 aromatic rings. The van der Waals surface area contributed by atoms with Gasteiger partial charge in [-0.05, 0) is 43.7 Å². The molecule has 0 radical (unpaired) electrons. The fourth-order valence-corrected chi connectivity index (χ4v) is 3.36. The molecule has 0 saturated carbocycles. The first kappa shape index (κ1) is 18.6.